The molecule has 0 aliphatic carbocycles. The van der Waals surface area contributed by atoms with Gasteiger partial charge in [-0.05, 0) is 37.5 Å². The van der Waals surface area contributed by atoms with E-state index < -0.39 is 0 Å². The molecular formula is C17H28N2O2. The second kappa shape index (κ2) is 8.03. The molecule has 21 heavy (non-hydrogen) atoms. The van der Waals surface area contributed by atoms with Crippen LogP contribution in [0.3, 0.4) is 0 Å². The van der Waals surface area contributed by atoms with Gasteiger partial charge in [0.05, 0.1) is 0 Å². The summed E-state index contributed by atoms with van der Waals surface area (Å²) in [5, 5.41) is 3.41. The van der Waals surface area contributed by atoms with Gasteiger partial charge in [0.1, 0.15) is 5.75 Å². The number of nitrogens with one attached hydrogen (secondary N) is 1. The van der Waals surface area contributed by atoms with Gasteiger partial charge in [-0.1, -0.05) is 26.0 Å². The van der Waals surface area contributed by atoms with E-state index >= 15 is 0 Å². The molecule has 0 unspecified atom stereocenters. The van der Waals surface area contributed by atoms with E-state index in [-0.39, 0.29) is 12.5 Å². The Kier molecular flexibility index (Phi) is 6.69. The fourth-order valence-corrected chi connectivity index (χ4v) is 2.11. The molecule has 0 saturated heterocycles. The largest absolute Gasteiger partial charge is 0.483 e. The fourth-order valence-electron chi connectivity index (χ4n) is 2.11. The van der Waals surface area contributed by atoms with Crippen molar-refractivity contribution in [2.75, 3.05) is 20.2 Å². The Morgan fingerprint density at radius 3 is 2.33 bits per heavy atom. The zero-order valence-electron chi connectivity index (χ0n) is 14.1. The topological polar surface area (TPSA) is 41.6 Å². The van der Waals surface area contributed by atoms with Gasteiger partial charge in [-0.3, -0.25) is 4.79 Å². The van der Waals surface area contributed by atoms with Crippen LogP contribution in [0, 0.1) is 13.8 Å². The minimum Gasteiger partial charge on any atom is -0.483 e. The van der Waals surface area contributed by atoms with Crippen LogP contribution in [0.15, 0.2) is 12.1 Å². The predicted octanol–water partition coefficient (Wildman–Crippen LogP) is 2.66. The molecule has 1 aromatic carbocycles. The Labute approximate surface area is 128 Å². The normalized spacial score (nSPS) is 10.8. The van der Waals surface area contributed by atoms with E-state index in [9.17, 15) is 4.79 Å². The molecule has 4 nitrogen and oxygen atoms in total. The highest BCUT2D eigenvalue weighted by molar-refractivity contribution is 5.77. The molecule has 0 aliphatic rings. The molecule has 0 saturated carbocycles. The van der Waals surface area contributed by atoms with Crippen LogP contribution in [0.1, 0.15) is 37.5 Å². The summed E-state index contributed by atoms with van der Waals surface area (Å²) in [5.41, 5.74) is 3.38. The number of ether oxygens (including phenoxy) is 1. The van der Waals surface area contributed by atoms with Gasteiger partial charge in [0.2, 0.25) is 0 Å². The molecule has 0 atom stereocenters. The van der Waals surface area contributed by atoms with Gasteiger partial charge in [0.15, 0.2) is 6.61 Å². The molecule has 0 radical (unpaired) electrons. The number of carbonyl (C=O) groups is 1. The van der Waals surface area contributed by atoms with Crippen LogP contribution in [0.5, 0.6) is 5.75 Å². The maximum Gasteiger partial charge on any atom is 0.260 e. The van der Waals surface area contributed by atoms with E-state index in [0.29, 0.717) is 12.6 Å². The number of carbonyl (C=O) groups excluding carboxylic acids is 1. The van der Waals surface area contributed by atoms with Crippen molar-refractivity contribution >= 4 is 5.91 Å². The third-order valence-corrected chi connectivity index (χ3v) is 3.47. The number of aryl methyl sites for hydroxylation is 2. The second-order valence-corrected chi connectivity index (χ2v) is 5.79. The van der Waals surface area contributed by atoms with Crippen molar-refractivity contribution in [3.05, 3.63) is 28.8 Å². The Balaban J connectivity index is 2.73. The molecule has 0 fully saturated rings. The molecule has 1 N–H and O–H groups in total. The molecule has 0 spiro atoms. The highest BCUT2D eigenvalue weighted by atomic mass is 16.5. The monoisotopic (exact) mass is 292 g/mol. The van der Waals surface area contributed by atoms with Gasteiger partial charge in [0.25, 0.3) is 5.91 Å². The van der Waals surface area contributed by atoms with Crippen molar-refractivity contribution in [1.82, 2.24) is 10.2 Å². The number of rotatable bonds is 7. The number of amides is 1. The molecular weight excluding hydrogens is 264 g/mol. The van der Waals surface area contributed by atoms with Gasteiger partial charge in [-0.15, -0.1) is 0 Å². The summed E-state index contributed by atoms with van der Waals surface area (Å²) in [7, 11) is 1.78. The van der Waals surface area contributed by atoms with Gasteiger partial charge in [-0.2, -0.15) is 0 Å². The van der Waals surface area contributed by atoms with E-state index in [1.807, 2.05) is 20.8 Å². The summed E-state index contributed by atoms with van der Waals surface area (Å²) in [5.74, 6) is 0.822. The van der Waals surface area contributed by atoms with Crippen LogP contribution in [0.4, 0.5) is 0 Å². The first kappa shape index (κ1) is 17.5. The average molecular weight is 292 g/mol. The van der Waals surface area contributed by atoms with Gasteiger partial charge in [-0.25, -0.2) is 0 Å². The molecule has 118 valence electrons. The van der Waals surface area contributed by atoms with Crippen molar-refractivity contribution in [2.45, 2.75) is 47.2 Å². The lowest BCUT2D eigenvalue weighted by Crippen LogP contribution is -2.31. The van der Waals surface area contributed by atoms with Crippen molar-refractivity contribution in [3.63, 3.8) is 0 Å². The van der Waals surface area contributed by atoms with Crippen LogP contribution < -0.4 is 10.1 Å². The number of benzene rings is 1. The molecule has 1 amide bonds. The highest BCUT2D eigenvalue weighted by Crippen LogP contribution is 2.25. The number of likely N-dealkylation sites (N-methyl/N-ethyl adjacent to an activating group) is 1. The first-order valence-corrected chi connectivity index (χ1v) is 7.55. The summed E-state index contributed by atoms with van der Waals surface area (Å²) in [6, 6.07) is 4.70. The highest BCUT2D eigenvalue weighted by Gasteiger charge is 2.11. The summed E-state index contributed by atoms with van der Waals surface area (Å²) in [6.45, 7) is 11.9. The lowest BCUT2D eigenvalue weighted by Gasteiger charge is -2.18. The molecule has 1 rings (SSSR count). The van der Waals surface area contributed by atoms with Crippen LogP contribution in [-0.4, -0.2) is 37.0 Å². The first-order chi connectivity index (χ1) is 9.85. The smallest absolute Gasteiger partial charge is 0.260 e. The molecule has 0 heterocycles. The molecule has 0 aliphatic heterocycles. The Morgan fingerprint density at radius 1 is 1.29 bits per heavy atom. The maximum absolute atomic E-state index is 11.8. The van der Waals surface area contributed by atoms with E-state index in [1.165, 1.54) is 5.56 Å². The van der Waals surface area contributed by atoms with Gasteiger partial charge < -0.3 is 15.0 Å². The molecule has 4 heteroatoms. The van der Waals surface area contributed by atoms with Crippen molar-refractivity contribution in [1.29, 1.82) is 0 Å². The van der Waals surface area contributed by atoms with Gasteiger partial charge in [0, 0.05) is 26.2 Å². The standard InChI is InChI=1S/C17H28N2O2/c1-7-19(6)16(20)11-21-17-13(4)8-15(9-14(17)5)10-18-12(2)3/h8-9,12,18H,7,10-11H2,1-6H3. The van der Waals surface area contributed by atoms with Crippen LogP contribution in [-0.2, 0) is 11.3 Å². The lowest BCUT2D eigenvalue weighted by atomic mass is 10.1. The van der Waals surface area contributed by atoms with Crippen molar-refractivity contribution in [2.24, 2.45) is 0 Å². The summed E-state index contributed by atoms with van der Waals surface area (Å²) in [4.78, 5) is 13.5. The van der Waals surface area contributed by atoms with E-state index in [0.717, 1.165) is 23.4 Å². The first-order valence-electron chi connectivity index (χ1n) is 7.55. The molecule has 1 aromatic rings. The third-order valence-electron chi connectivity index (χ3n) is 3.47. The SMILES string of the molecule is CCN(C)C(=O)COc1c(C)cc(CNC(C)C)cc1C. The van der Waals surface area contributed by atoms with Crippen molar-refractivity contribution < 1.29 is 9.53 Å². The summed E-state index contributed by atoms with van der Waals surface area (Å²) < 4.78 is 5.72. The number of hydrogen-bond acceptors (Lipinski definition) is 3. The zero-order valence-corrected chi connectivity index (χ0v) is 14.1. The number of nitrogens with zero attached hydrogens (tertiary/aromatic N) is 1. The zero-order chi connectivity index (χ0) is 16.0. The summed E-state index contributed by atoms with van der Waals surface area (Å²) in [6.07, 6.45) is 0. The van der Waals surface area contributed by atoms with Crippen molar-refractivity contribution in [3.8, 4) is 5.75 Å². The predicted molar refractivity (Wildman–Crippen MR) is 86.7 cm³/mol. The van der Waals surface area contributed by atoms with Gasteiger partial charge >= 0.3 is 0 Å². The minimum atomic E-state index is 0.00171. The van der Waals surface area contributed by atoms with E-state index in [1.54, 1.807) is 11.9 Å². The fraction of sp³-hybridized carbons (Fsp3) is 0.588. The molecule has 0 bridgehead atoms. The Bertz CT molecular complexity index is 461. The van der Waals surface area contributed by atoms with E-state index in [4.69, 9.17) is 4.74 Å². The van der Waals surface area contributed by atoms with Crippen LogP contribution in [0.25, 0.3) is 0 Å². The lowest BCUT2D eigenvalue weighted by molar-refractivity contribution is -0.131. The Morgan fingerprint density at radius 2 is 1.86 bits per heavy atom. The third kappa shape index (κ3) is 5.38. The summed E-state index contributed by atoms with van der Waals surface area (Å²) >= 11 is 0. The second-order valence-electron chi connectivity index (χ2n) is 5.79. The molecule has 0 aromatic heterocycles. The van der Waals surface area contributed by atoms with Crippen LogP contribution >= 0.6 is 0 Å². The number of hydrogen-bond donors (Lipinski definition) is 1. The van der Waals surface area contributed by atoms with E-state index in [2.05, 4.69) is 31.3 Å². The van der Waals surface area contributed by atoms with Crippen LogP contribution in [0.2, 0.25) is 0 Å². The quantitative estimate of drug-likeness (QED) is 0.840. The maximum atomic E-state index is 11.8. The average Bonchev–Trinajstić information content (AvgIpc) is 2.42. The Hall–Kier alpha value is -1.55. The minimum absolute atomic E-state index is 0.00171.